The number of hydrogen-bond acceptors (Lipinski definition) is 4. The van der Waals surface area contributed by atoms with Crippen molar-refractivity contribution in [2.24, 2.45) is 5.14 Å². The van der Waals surface area contributed by atoms with Gasteiger partial charge in [0, 0.05) is 12.6 Å². The van der Waals surface area contributed by atoms with Crippen LogP contribution in [0.1, 0.15) is 19.8 Å². The fourth-order valence-electron chi connectivity index (χ4n) is 2.39. The van der Waals surface area contributed by atoms with E-state index in [2.05, 4.69) is 17.1 Å². The molecule has 1 heterocycles. The van der Waals surface area contributed by atoms with Crippen LogP contribution in [0, 0.1) is 5.82 Å². The molecule has 1 aromatic carbocycles. The van der Waals surface area contributed by atoms with Crippen molar-refractivity contribution in [3.8, 4) is 0 Å². The molecule has 5 nitrogen and oxygen atoms in total. The zero-order valence-corrected chi connectivity index (χ0v) is 12.3. The Morgan fingerprint density at radius 2 is 2.05 bits per heavy atom. The minimum absolute atomic E-state index is 0.215. The highest BCUT2D eigenvalue weighted by Crippen LogP contribution is 2.19. The van der Waals surface area contributed by atoms with Gasteiger partial charge in [0.15, 0.2) is 0 Å². The number of nitrogens with one attached hydrogen (secondary N) is 1. The Morgan fingerprint density at radius 3 is 2.60 bits per heavy atom. The molecule has 20 heavy (non-hydrogen) atoms. The molecule has 2 rings (SSSR count). The number of anilines is 1. The van der Waals surface area contributed by atoms with Crippen molar-refractivity contribution in [1.82, 2.24) is 4.90 Å². The van der Waals surface area contributed by atoms with Crippen molar-refractivity contribution in [3.05, 3.63) is 24.0 Å². The van der Waals surface area contributed by atoms with Gasteiger partial charge in [-0.25, -0.2) is 17.9 Å². The van der Waals surface area contributed by atoms with Gasteiger partial charge >= 0.3 is 0 Å². The zero-order chi connectivity index (χ0) is 14.8. The maximum absolute atomic E-state index is 13.8. The van der Waals surface area contributed by atoms with Crippen molar-refractivity contribution < 1.29 is 12.8 Å². The summed E-state index contributed by atoms with van der Waals surface area (Å²) in [5.74, 6) is -0.606. The summed E-state index contributed by atoms with van der Waals surface area (Å²) in [5, 5.41) is 7.98. The molecule has 1 unspecified atom stereocenters. The molecule has 1 atom stereocenters. The summed E-state index contributed by atoms with van der Waals surface area (Å²) >= 11 is 0. The fourth-order valence-corrected chi connectivity index (χ4v) is 2.91. The van der Waals surface area contributed by atoms with Crippen LogP contribution in [0.15, 0.2) is 23.1 Å². The molecular weight excluding hydrogens is 281 g/mol. The summed E-state index contributed by atoms with van der Waals surface area (Å²) in [4.78, 5) is 2.14. The maximum Gasteiger partial charge on any atom is 0.238 e. The average Bonchev–Trinajstić information content (AvgIpc) is 2.89. The summed E-state index contributed by atoms with van der Waals surface area (Å²) in [7, 11) is -3.86. The Hall–Kier alpha value is -1.18. The summed E-state index contributed by atoms with van der Waals surface area (Å²) in [5.41, 5.74) is 0.295. The molecule has 0 amide bonds. The molecule has 0 saturated carbocycles. The first-order valence-corrected chi connectivity index (χ1v) is 8.23. The van der Waals surface area contributed by atoms with Crippen LogP contribution in [0.2, 0.25) is 0 Å². The molecule has 1 saturated heterocycles. The van der Waals surface area contributed by atoms with Gasteiger partial charge in [0.25, 0.3) is 0 Å². The number of sulfonamides is 1. The Kier molecular flexibility index (Phi) is 4.62. The SMILES string of the molecule is CC(CNc1ccc(S(N)(=O)=O)cc1F)N1CCCC1. The largest absolute Gasteiger partial charge is 0.381 e. The van der Waals surface area contributed by atoms with Crippen LogP contribution in [0.4, 0.5) is 10.1 Å². The maximum atomic E-state index is 13.8. The third-order valence-corrected chi connectivity index (χ3v) is 4.53. The number of benzene rings is 1. The topological polar surface area (TPSA) is 75.4 Å². The first-order chi connectivity index (χ1) is 9.38. The zero-order valence-electron chi connectivity index (χ0n) is 11.5. The van der Waals surface area contributed by atoms with Gasteiger partial charge in [-0.1, -0.05) is 0 Å². The van der Waals surface area contributed by atoms with Gasteiger partial charge in [0.2, 0.25) is 10.0 Å². The molecule has 1 aliphatic rings. The second-order valence-corrected chi connectivity index (χ2v) is 6.72. The van der Waals surface area contributed by atoms with E-state index in [1.807, 2.05) is 0 Å². The molecule has 1 aliphatic heterocycles. The number of hydrogen-bond donors (Lipinski definition) is 2. The minimum Gasteiger partial charge on any atom is -0.381 e. The smallest absolute Gasteiger partial charge is 0.238 e. The summed E-state index contributed by atoms with van der Waals surface area (Å²) in [6, 6.07) is 3.97. The lowest BCUT2D eigenvalue weighted by Crippen LogP contribution is -2.35. The van der Waals surface area contributed by atoms with Crippen LogP contribution in [0.5, 0.6) is 0 Å². The predicted molar refractivity (Wildman–Crippen MR) is 76.5 cm³/mol. The lowest BCUT2D eigenvalue weighted by atomic mass is 10.2. The Balaban J connectivity index is 1.99. The summed E-state index contributed by atoms with van der Waals surface area (Å²) in [6.45, 7) is 4.87. The molecule has 0 radical (unpaired) electrons. The van der Waals surface area contributed by atoms with E-state index in [0.717, 1.165) is 19.2 Å². The third-order valence-electron chi connectivity index (χ3n) is 3.62. The van der Waals surface area contributed by atoms with E-state index >= 15 is 0 Å². The standard InChI is InChI=1S/C13H20FN3O2S/c1-10(17-6-2-3-7-17)9-16-13-5-4-11(8-12(13)14)20(15,18)19/h4-5,8,10,16H,2-3,6-7,9H2,1H3,(H2,15,18,19). The molecule has 1 fully saturated rings. The van der Waals surface area contributed by atoms with Gasteiger partial charge in [0.05, 0.1) is 10.6 Å². The van der Waals surface area contributed by atoms with Crippen LogP contribution in [-0.2, 0) is 10.0 Å². The third kappa shape index (κ3) is 3.68. The van der Waals surface area contributed by atoms with E-state index in [1.54, 1.807) is 0 Å². The number of rotatable bonds is 5. The van der Waals surface area contributed by atoms with Gasteiger partial charge in [-0.15, -0.1) is 0 Å². The molecule has 0 aromatic heterocycles. The molecular formula is C13H20FN3O2S. The average molecular weight is 301 g/mol. The highest BCUT2D eigenvalue weighted by molar-refractivity contribution is 7.89. The molecule has 1 aromatic rings. The molecule has 112 valence electrons. The van der Waals surface area contributed by atoms with Crippen LogP contribution < -0.4 is 10.5 Å². The second kappa shape index (κ2) is 6.07. The van der Waals surface area contributed by atoms with E-state index in [4.69, 9.17) is 5.14 Å². The Bertz CT molecular complexity index is 571. The van der Waals surface area contributed by atoms with Crippen molar-refractivity contribution in [2.75, 3.05) is 25.0 Å². The first-order valence-electron chi connectivity index (χ1n) is 6.68. The van der Waals surface area contributed by atoms with Crippen molar-refractivity contribution in [3.63, 3.8) is 0 Å². The van der Waals surface area contributed by atoms with Gasteiger partial charge in [-0.05, 0) is 51.1 Å². The quantitative estimate of drug-likeness (QED) is 0.861. The molecule has 0 aliphatic carbocycles. The van der Waals surface area contributed by atoms with Crippen molar-refractivity contribution in [1.29, 1.82) is 0 Å². The molecule has 7 heteroatoms. The highest BCUT2D eigenvalue weighted by atomic mass is 32.2. The number of nitrogens with two attached hydrogens (primary N) is 1. The Morgan fingerprint density at radius 1 is 1.40 bits per heavy atom. The van der Waals surface area contributed by atoms with Gasteiger partial charge in [-0.2, -0.15) is 0 Å². The lowest BCUT2D eigenvalue weighted by molar-refractivity contribution is 0.269. The first kappa shape index (κ1) is 15.2. The van der Waals surface area contributed by atoms with E-state index in [0.29, 0.717) is 18.3 Å². The highest BCUT2D eigenvalue weighted by Gasteiger charge is 2.18. The van der Waals surface area contributed by atoms with Crippen LogP contribution >= 0.6 is 0 Å². The van der Waals surface area contributed by atoms with Gasteiger partial charge in [-0.3, -0.25) is 4.90 Å². The molecule has 3 N–H and O–H groups in total. The van der Waals surface area contributed by atoms with E-state index < -0.39 is 15.8 Å². The van der Waals surface area contributed by atoms with Crippen molar-refractivity contribution >= 4 is 15.7 Å². The fraction of sp³-hybridized carbons (Fsp3) is 0.538. The number of likely N-dealkylation sites (tertiary alicyclic amines) is 1. The van der Waals surface area contributed by atoms with Crippen LogP contribution in [-0.4, -0.2) is 39.0 Å². The normalized spacial score (nSPS) is 18.1. The van der Waals surface area contributed by atoms with Crippen molar-refractivity contribution in [2.45, 2.75) is 30.7 Å². The second-order valence-electron chi connectivity index (χ2n) is 5.16. The Labute approximate surface area is 119 Å². The molecule has 0 spiro atoms. The summed E-state index contributed by atoms with van der Waals surface area (Å²) < 4.78 is 36.1. The van der Waals surface area contributed by atoms with E-state index in [1.165, 1.54) is 25.0 Å². The number of halogens is 1. The van der Waals surface area contributed by atoms with Gasteiger partial charge in [0.1, 0.15) is 5.82 Å². The molecule has 0 bridgehead atoms. The number of primary sulfonamides is 1. The lowest BCUT2D eigenvalue weighted by Gasteiger charge is -2.24. The predicted octanol–water partition coefficient (Wildman–Crippen LogP) is 1.37. The van der Waals surface area contributed by atoms with Crippen LogP contribution in [0.3, 0.4) is 0 Å². The number of nitrogens with zero attached hydrogens (tertiary/aromatic N) is 1. The van der Waals surface area contributed by atoms with E-state index in [-0.39, 0.29) is 4.90 Å². The van der Waals surface area contributed by atoms with Gasteiger partial charge < -0.3 is 5.32 Å². The monoisotopic (exact) mass is 301 g/mol. The summed E-state index contributed by atoms with van der Waals surface area (Å²) in [6.07, 6.45) is 2.42. The minimum atomic E-state index is -3.86. The van der Waals surface area contributed by atoms with E-state index in [9.17, 15) is 12.8 Å². The van der Waals surface area contributed by atoms with Crippen LogP contribution in [0.25, 0.3) is 0 Å².